The van der Waals surface area contributed by atoms with Gasteiger partial charge in [-0.1, -0.05) is 24.3 Å². The number of rotatable bonds is 3. The maximum Gasteiger partial charge on any atom is 0.211 e. The van der Waals surface area contributed by atoms with Crippen molar-refractivity contribution in [1.29, 1.82) is 0 Å². The first-order valence-electron chi connectivity index (χ1n) is 5.05. The number of aryl methyl sites for hydroxylation is 1. The molecule has 88 valence electrons. The molecule has 0 aromatic heterocycles. The standard InChI is InChI=1S/C10H11NO.C3H9N/c1-3-9-6-8(2)4-5-10(9)11-7-12;1-4(2)3/h3-7H,1H2,2H3,(H,11,12);1-3H3. The van der Waals surface area contributed by atoms with Crippen LogP contribution in [0.15, 0.2) is 24.8 Å². The molecule has 0 aliphatic heterocycles. The van der Waals surface area contributed by atoms with Crippen molar-refractivity contribution >= 4 is 18.2 Å². The summed E-state index contributed by atoms with van der Waals surface area (Å²) in [5, 5.41) is 2.60. The zero-order valence-corrected chi connectivity index (χ0v) is 10.4. The Hall–Kier alpha value is -1.61. The molecule has 1 rings (SSSR count). The third kappa shape index (κ3) is 5.98. The molecule has 1 N–H and O–H groups in total. The minimum Gasteiger partial charge on any atom is -0.328 e. The number of amides is 1. The molecule has 0 fully saturated rings. The first-order chi connectivity index (χ1) is 7.51. The van der Waals surface area contributed by atoms with Crippen LogP contribution >= 0.6 is 0 Å². The minimum atomic E-state index is 0.664. The van der Waals surface area contributed by atoms with Gasteiger partial charge in [0.15, 0.2) is 0 Å². The second-order valence-corrected chi connectivity index (χ2v) is 3.90. The lowest BCUT2D eigenvalue weighted by Gasteiger charge is -2.04. The Morgan fingerprint density at radius 3 is 2.31 bits per heavy atom. The largest absolute Gasteiger partial charge is 0.328 e. The third-order valence-electron chi connectivity index (χ3n) is 1.64. The van der Waals surface area contributed by atoms with Crippen molar-refractivity contribution in [3.8, 4) is 0 Å². The maximum atomic E-state index is 10.2. The lowest BCUT2D eigenvalue weighted by molar-refractivity contribution is -0.105. The summed E-state index contributed by atoms with van der Waals surface area (Å²) in [6.45, 7) is 5.66. The van der Waals surface area contributed by atoms with Crippen LogP contribution in [0, 0.1) is 6.92 Å². The molecular formula is C13H20N2O. The van der Waals surface area contributed by atoms with E-state index in [1.54, 1.807) is 6.08 Å². The molecule has 3 heteroatoms. The molecule has 3 nitrogen and oxygen atoms in total. The summed E-state index contributed by atoms with van der Waals surface area (Å²) in [6.07, 6.45) is 2.39. The molecule has 0 saturated heterocycles. The molecule has 0 unspecified atom stereocenters. The Morgan fingerprint density at radius 1 is 1.31 bits per heavy atom. The molecular weight excluding hydrogens is 200 g/mol. The van der Waals surface area contributed by atoms with Gasteiger partial charge in [-0.2, -0.15) is 0 Å². The third-order valence-corrected chi connectivity index (χ3v) is 1.64. The monoisotopic (exact) mass is 220 g/mol. The maximum absolute atomic E-state index is 10.2. The number of carbonyl (C=O) groups is 1. The average Bonchev–Trinajstić information content (AvgIpc) is 2.20. The van der Waals surface area contributed by atoms with Crippen LogP contribution in [0.1, 0.15) is 11.1 Å². The van der Waals surface area contributed by atoms with Gasteiger partial charge >= 0.3 is 0 Å². The molecule has 0 saturated carbocycles. The van der Waals surface area contributed by atoms with Crippen LogP contribution in [0.25, 0.3) is 6.08 Å². The zero-order chi connectivity index (χ0) is 12.6. The summed E-state index contributed by atoms with van der Waals surface area (Å²) in [5.74, 6) is 0. The van der Waals surface area contributed by atoms with Crippen molar-refractivity contribution in [3.63, 3.8) is 0 Å². The molecule has 0 aliphatic rings. The molecule has 16 heavy (non-hydrogen) atoms. The number of nitrogens with one attached hydrogen (secondary N) is 1. The number of anilines is 1. The van der Waals surface area contributed by atoms with E-state index in [0.29, 0.717) is 6.41 Å². The molecule has 0 heterocycles. The SMILES string of the molecule is C=Cc1cc(C)ccc1NC=O.CN(C)C. The van der Waals surface area contributed by atoms with Crippen molar-refractivity contribution < 1.29 is 4.79 Å². The highest BCUT2D eigenvalue weighted by atomic mass is 16.1. The van der Waals surface area contributed by atoms with Gasteiger partial charge in [0.05, 0.1) is 0 Å². The molecule has 0 atom stereocenters. The number of nitrogens with zero attached hydrogens (tertiary/aromatic N) is 1. The van der Waals surface area contributed by atoms with Crippen LogP contribution in [-0.4, -0.2) is 32.5 Å². The van der Waals surface area contributed by atoms with Crippen molar-refractivity contribution in [2.24, 2.45) is 0 Å². The normalized spacial score (nSPS) is 9.06. The summed E-state index contributed by atoms with van der Waals surface area (Å²) >= 11 is 0. The van der Waals surface area contributed by atoms with E-state index < -0.39 is 0 Å². The Balaban J connectivity index is 0.000000487. The Morgan fingerprint density at radius 2 is 1.88 bits per heavy atom. The highest BCUT2D eigenvalue weighted by Crippen LogP contribution is 2.17. The van der Waals surface area contributed by atoms with Crippen LogP contribution in [0.3, 0.4) is 0 Å². The first kappa shape index (κ1) is 14.4. The van der Waals surface area contributed by atoms with E-state index in [9.17, 15) is 4.79 Å². The summed E-state index contributed by atoms with van der Waals surface area (Å²) in [7, 11) is 6.00. The van der Waals surface area contributed by atoms with E-state index in [4.69, 9.17) is 0 Å². The van der Waals surface area contributed by atoms with Crippen LogP contribution in [0.5, 0.6) is 0 Å². The second kappa shape index (κ2) is 7.65. The molecule has 1 aromatic rings. The van der Waals surface area contributed by atoms with Crippen molar-refractivity contribution in [1.82, 2.24) is 4.90 Å². The van der Waals surface area contributed by atoms with Crippen molar-refractivity contribution in [2.75, 3.05) is 26.5 Å². The van der Waals surface area contributed by atoms with Gasteiger partial charge in [0.2, 0.25) is 6.41 Å². The van der Waals surface area contributed by atoms with E-state index in [0.717, 1.165) is 16.8 Å². The van der Waals surface area contributed by atoms with Crippen molar-refractivity contribution in [2.45, 2.75) is 6.92 Å². The Bertz CT molecular complexity index is 343. The predicted molar refractivity (Wildman–Crippen MR) is 70.6 cm³/mol. The molecule has 0 radical (unpaired) electrons. The molecule has 0 spiro atoms. The van der Waals surface area contributed by atoms with E-state index in [1.165, 1.54) is 0 Å². The van der Waals surface area contributed by atoms with E-state index in [-0.39, 0.29) is 0 Å². The quantitative estimate of drug-likeness (QED) is 0.793. The van der Waals surface area contributed by atoms with Gasteiger partial charge in [-0.05, 0) is 45.8 Å². The lowest BCUT2D eigenvalue weighted by Crippen LogP contribution is -1.99. The number of carbonyl (C=O) groups excluding carboxylic acids is 1. The number of hydrogen-bond donors (Lipinski definition) is 1. The van der Waals surface area contributed by atoms with Gasteiger partial charge in [-0.15, -0.1) is 0 Å². The highest BCUT2D eigenvalue weighted by molar-refractivity contribution is 5.78. The van der Waals surface area contributed by atoms with E-state index in [1.807, 2.05) is 51.2 Å². The Labute approximate surface area is 97.8 Å². The highest BCUT2D eigenvalue weighted by Gasteiger charge is 1.96. The summed E-state index contributed by atoms with van der Waals surface area (Å²) in [5.41, 5.74) is 2.90. The van der Waals surface area contributed by atoms with Gasteiger partial charge in [0.1, 0.15) is 0 Å². The molecule has 1 amide bonds. The number of hydrogen-bond acceptors (Lipinski definition) is 2. The van der Waals surface area contributed by atoms with Crippen LogP contribution in [0.2, 0.25) is 0 Å². The van der Waals surface area contributed by atoms with Gasteiger partial charge in [-0.25, -0.2) is 0 Å². The number of benzene rings is 1. The van der Waals surface area contributed by atoms with Gasteiger partial charge in [0, 0.05) is 5.69 Å². The lowest BCUT2D eigenvalue weighted by atomic mass is 10.1. The van der Waals surface area contributed by atoms with Gasteiger partial charge < -0.3 is 10.2 Å². The Kier molecular flexibility index (Phi) is 6.88. The van der Waals surface area contributed by atoms with Crippen LogP contribution in [0.4, 0.5) is 5.69 Å². The fourth-order valence-electron chi connectivity index (χ4n) is 1.05. The predicted octanol–water partition coefficient (Wildman–Crippen LogP) is 2.38. The molecule has 0 bridgehead atoms. The minimum absolute atomic E-state index is 0.664. The van der Waals surface area contributed by atoms with Gasteiger partial charge in [-0.3, -0.25) is 4.79 Å². The molecule has 1 aromatic carbocycles. The van der Waals surface area contributed by atoms with Gasteiger partial charge in [0.25, 0.3) is 0 Å². The summed E-state index contributed by atoms with van der Waals surface area (Å²) in [6, 6.07) is 5.78. The van der Waals surface area contributed by atoms with E-state index in [2.05, 4.69) is 11.9 Å². The first-order valence-corrected chi connectivity index (χ1v) is 5.05. The second-order valence-electron chi connectivity index (χ2n) is 3.90. The topological polar surface area (TPSA) is 32.3 Å². The fourth-order valence-corrected chi connectivity index (χ4v) is 1.05. The summed E-state index contributed by atoms with van der Waals surface area (Å²) in [4.78, 5) is 12.2. The average molecular weight is 220 g/mol. The fraction of sp³-hybridized carbons (Fsp3) is 0.308. The summed E-state index contributed by atoms with van der Waals surface area (Å²) < 4.78 is 0. The van der Waals surface area contributed by atoms with Crippen molar-refractivity contribution in [3.05, 3.63) is 35.9 Å². The smallest absolute Gasteiger partial charge is 0.211 e. The zero-order valence-electron chi connectivity index (χ0n) is 10.4. The van der Waals surface area contributed by atoms with Crippen LogP contribution in [-0.2, 0) is 4.79 Å². The van der Waals surface area contributed by atoms with E-state index >= 15 is 0 Å². The molecule has 0 aliphatic carbocycles. The van der Waals surface area contributed by atoms with Crippen LogP contribution < -0.4 is 5.32 Å².